The molecule has 0 radical (unpaired) electrons. The summed E-state index contributed by atoms with van der Waals surface area (Å²) in [4.78, 5) is 2.33. The van der Waals surface area contributed by atoms with Crippen molar-refractivity contribution in [1.82, 2.24) is 4.57 Å². The summed E-state index contributed by atoms with van der Waals surface area (Å²) in [7, 11) is 0. The zero-order valence-electron chi connectivity index (χ0n) is 34.2. The Balaban J connectivity index is 0.922. The second kappa shape index (κ2) is 15.0. The summed E-state index contributed by atoms with van der Waals surface area (Å²) in [6, 6.07) is 77.9. The fraction of sp³-hybridized carbons (Fsp3) is 0.0333. The second-order valence-corrected chi connectivity index (χ2v) is 16.5. The quantitative estimate of drug-likeness (QED) is 0.156. The van der Waals surface area contributed by atoms with E-state index in [2.05, 4.69) is 246 Å². The van der Waals surface area contributed by atoms with Crippen LogP contribution in [0.3, 0.4) is 0 Å². The lowest BCUT2D eigenvalue weighted by Gasteiger charge is -2.26. The van der Waals surface area contributed by atoms with E-state index >= 15 is 0 Å². The van der Waals surface area contributed by atoms with Gasteiger partial charge in [0.1, 0.15) is 0 Å². The van der Waals surface area contributed by atoms with Crippen LogP contribution in [0.5, 0.6) is 0 Å². The molecular formula is C60H42N2. The topological polar surface area (TPSA) is 8.17 Å². The molecule has 0 amide bonds. The third-order valence-corrected chi connectivity index (χ3v) is 12.9. The molecule has 0 saturated heterocycles. The molecule has 2 nitrogen and oxygen atoms in total. The Bertz CT molecular complexity index is 3520. The van der Waals surface area contributed by atoms with Crippen molar-refractivity contribution < 1.29 is 0 Å². The summed E-state index contributed by atoms with van der Waals surface area (Å²) in [6.45, 7) is 0. The lowest BCUT2D eigenvalue weighted by atomic mass is 9.87. The van der Waals surface area contributed by atoms with E-state index < -0.39 is 0 Å². The fourth-order valence-electron chi connectivity index (χ4n) is 9.86. The third kappa shape index (κ3) is 6.11. The zero-order valence-corrected chi connectivity index (χ0v) is 34.2. The van der Waals surface area contributed by atoms with Crippen LogP contribution >= 0.6 is 0 Å². The standard InChI is InChI=1S/C60H42N2/c1-3-14-45(15-4-1)56-40-58-60(55-22-12-11-21-54(55)56)59-53-20-10-9-16-46(53)31-38-57(59)62(58)52-36-27-43(28-37-52)42-25-32-50(33-26-42)61(49-18-5-2-6-19-49)51-34-29-44(30-35-51)48-24-23-41-13-7-8-17-47(41)39-48/h1-14,16-40,45H,15H2. The summed E-state index contributed by atoms with van der Waals surface area (Å²) >= 11 is 0. The predicted molar refractivity (Wildman–Crippen MR) is 264 cm³/mol. The number of fused-ring (bicyclic) bond motifs is 8. The van der Waals surface area contributed by atoms with Crippen LogP contribution in [0.1, 0.15) is 17.9 Å². The minimum atomic E-state index is 0.329. The Labute approximate surface area is 361 Å². The van der Waals surface area contributed by atoms with Gasteiger partial charge in [-0.05, 0) is 133 Å². The molecule has 10 aromatic carbocycles. The number of nitrogens with zero attached hydrogens (tertiary/aromatic N) is 2. The van der Waals surface area contributed by atoms with Gasteiger partial charge in [0.25, 0.3) is 0 Å². The predicted octanol–water partition coefficient (Wildman–Crippen LogP) is 16.6. The monoisotopic (exact) mass is 790 g/mol. The highest BCUT2D eigenvalue weighted by Gasteiger charge is 2.22. The van der Waals surface area contributed by atoms with Crippen LogP contribution < -0.4 is 4.90 Å². The minimum Gasteiger partial charge on any atom is -0.311 e. The van der Waals surface area contributed by atoms with E-state index in [-0.39, 0.29) is 0 Å². The van der Waals surface area contributed by atoms with Crippen LogP contribution in [0.4, 0.5) is 17.1 Å². The van der Waals surface area contributed by atoms with Crippen molar-refractivity contribution >= 4 is 71.2 Å². The summed E-state index contributed by atoms with van der Waals surface area (Å²) in [5, 5.41) is 10.3. The van der Waals surface area contributed by atoms with Gasteiger partial charge in [0.2, 0.25) is 0 Å². The van der Waals surface area contributed by atoms with Crippen molar-refractivity contribution in [3.05, 3.63) is 242 Å². The van der Waals surface area contributed by atoms with E-state index in [1.165, 1.54) is 81.9 Å². The summed E-state index contributed by atoms with van der Waals surface area (Å²) in [5.41, 5.74) is 13.1. The lowest BCUT2D eigenvalue weighted by molar-refractivity contribution is 0.862. The van der Waals surface area contributed by atoms with E-state index in [1.807, 2.05) is 0 Å². The Morgan fingerprint density at radius 2 is 0.935 bits per heavy atom. The van der Waals surface area contributed by atoms with Crippen molar-refractivity contribution in [3.63, 3.8) is 0 Å². The van der Waals surface area contributed by atoms with Crippen molar-refractivity contribution in [2.75, 3.05) is 4.90 Å². The molecule has 1 aliphatic rings. The second-order valence-electron chi connectivity index (χ2n) is 16.5. The molecule has 1 unspecified atom stereocenters. The molecule has 0 aliphatic heterocycles. The van der Waals surface area contributed by atoms with Gasteiger partial charge in [-0.15, -0.1) is 0 Å². The number of benzene rings is 10. The number of anilines is 3. The lowest BCUT2D eigenvalue weighted by Crippen LogP contribution is -2.09. The molecule has 1 atom stereocenters. The highest BCUT2D eigenvalue weighted by molar-refractivity contribution is 6.29. The fourth-order valence-corrected chi connectivity index (χ4v) is 9.86. The molecule has 12 rings (SSSR count). The van der Waals surface area contributed by atoms with Crippen LogP contribution in [0, 0.1) is 0 Å². The van der Waals surface area contributed by atoms with Gasteiger partial charge in [0, 0.05) is 39.4 Å². The van der Waals surface area contributed by atoms with Gasteiger partial charge in [0.15, 0.2) is 0 Å². The van der Waals surface area contributed by atoms with Gasteiger partial charge in [-0.3, -0.25) is 0 Å². The molecule has 11 aromatic rings. The molecule has 1 heterocycles. The van der Waals surface area contributed by atoms with E-state index in [0.29, 0.717) is 5.92 Å². The van der Waals surface area contributed by atoms with Crippen molar-refractivity contribution in [2.24, 2.45) is 0 Å². The van der Waals surface area contributed by atoms with Gasteiger partial charge in [0.05, 0.1) is 11.0 Å². The van der Waals surface area contributed by atoms with Gasteiger partial charge >= 0.3 is 0 Å². The Kier molecular flexibility index (Phi) is 8.67. The van der Waals surface area contributed by atoms with E-state index in [9.17, 15) is 0 Å². The van der Waals surface area contributed by atoms with Crippen molar-refractivity contribution in [2.45, 2.75) is 12.3 Å². The average Bonchev–Trinajstić information content (AvgIpc) is 3.70. The summed E-state index contributed by atoms with van der Waals surface area (Å²) in [5.74, 6) is 0.329. The van der Waals surface area contributed by atoms with Crippen molar-refractivity contribution in [3.8, 4) is 27.9 Å². The number of allylic oxidation sites excluding steroid dienone is 4. The molecule has 0 bridgehead atoms. The normalized spacial score (nSPS) is 13.8. The molecule has 0 N–H and O–H groups in total. The van der Waals surface area contributed by atoms with Gasteiger partial charge < -0.3 is 9.47 Å². The molecule has 1 aromatic heterocycles. The largest absolute Gasteiger partial charge is 0.311 e. The number of hydrogen-bond acceptors (Lipinski definition) is 1. The van der Waals surface area contributed by atoms with E-state index in [0.717, 1.165) is 29.2 Å². The SMILES string of the molecule is C1=CCC(c2cc3c(c4ccccc24)c2c4ccccc4ccc2n3-c2ccc(-c3ccc(N(c4ccccc4)c4ccc(-c5ccc6ccccc6c5)cc4)cc3)cc2)C=C1. The smallest absolute Gasteiger partial charge is 0.0550 e. The highest BCUT2D eigenvalue weighted by Crippen LogP contribution is 2.44. The molecule has 2 heteroatoms. The zero-order chi connectivity index (χ0) is 41.0. The maximum absolute atomic E-state index is 2.49. The van der Waals surface area contributed by atoms with Gasteiger partial charge in [-0.1, -0.05) is 170 Å². The molecule has 0 saturated carbocycles. The molecule has 62 heavy (non-hydrogen) atoms. The summed E-state index contributed by atoms with van der Waals surface area (Å²) in [6.07, 6.45) is 10.0. The molecular weight excluding hydrogens is 749 g/mol. The average molecular weight is 791 g/mol. The van der Waals surface area contributed by atoms with Crippen LogP contribution in [0.15, 0.2) is 237 Å². The Morgan fingerprint density at radius 3 is 1.65 bits per heavy atom. The molecule has 1 aliphatic carbocycles. The molecule has 292 valence electrons. The highest BCUT2D eigenvalue weighted by atomic mass is 15.1. The minimum absolute atomic E-state index is 0.329. The maximum atomic E-state index is 2.49. The van der Waals surface area contributed by atoms with E-state index in [1.54, 1.807) is 0 Å². The Morgan fingerprint density at radius 1 is 0.387 bits per heavy atom. The number of aromatic nitrogens is 1. The van der Waals surface area contributed by atoms with Crippen LogP contribution in [0.25, 0.3) is 82.1 Å². The third-order valence-electron chi connectivity index (χ3n) is 12.9. The number of rotatable bonds is 7. The first-order valence-corrected chi connectivity index (χ1v) is 21.6. The Hall–Kier alpha value is -7.94. The van der Waals surface area contributed by atoms with Crippen LogP contribution in [-0.2, 0) is 0 Å². The first kappa shape index (κ1) is 36.0. The van der Waals surface area contributed by atoms with E-state index in [4.69, 9.17) is 0 Å². The van der Waals surface area contributed by atoms with Crippen LogP contribution in [0.2, 0.25) is 0 Å². The first-order chi connectivity index (χ1) is 30.7. The first-order valence-electron chi connectivity index (χ1n) is 21.6. The van der Waals surface area contributed by atoms with Gasteiger partial charge in [-0.2, -0.15) is 0 Å². The molecule has 0 fully saturated rings. The number of hydrogen-bond donors (Lipinski definition) is 0. The van der Waals surface area contributed by atoms with Crippen molar-refractivity contribution in [1.29, 1.82) is 0 Å². The maximum Gasteiger partial charge on any atom is 0.0550 e. The van der Waals surface area contributed by atoms with Gasteiger partial charge in [-0.25, -0.2) is 0 Å². The number of para-hydroxylation sites is 1. The summed E-state index contributed by atoms with van der Waals surface area (Å²) < 4.78 is 2.49. The van der Waals surface area contributed by atoms with Crippen LogP contribution in [-0.4, -0.2) is 4.57 Å². The molecule has 0 spiro atoms.